The van der Waals surface area contributed by atoms with E-state index in [1.54, 1.807) is 7.11 Å². The van der Waals surface area contributed by atoms with E-state index in [0.717, 1.165) is 24.4 Å². The fourth-order valence-corrected chi connectivity index (χ4v) is 3.05. The van der Waals surface area contributed by atoms with Crippen LogP contribution in [0.25, 0.3) is 0 Å². The van der Waals surface area contributed by atoms with Crippen molar-refractivity contribution in [2.45, 2.75) is 31.8 Å². The number of benzene rings is 1. The minimum absolute atomic E-state index is 0.0472. The molecule has 2 amide bonds. The predicted molar refractivity (Wildman–Crippen MR) is 90.6 cm³/mol. The highest BCUT2D eigenvalue weighted by Crippen LogP contribution is 2.27. The predicted octanol–water partition coefficient (Wildman–Crippen LogP) is 0.912. The van der Waals surface area contributed by atoms with Crippen LogP contribution in [0.2, 0.25) is 0 Å². The van der Waals surface area contributed by atoms with Gasteiger partial charge in [0.15, 0.2) is 0 Å². The van der Waals surface area contributed by atoms with Crippen LogP contribution in [-0.4, -0.2) is 49.5 Å². The Morgan fingerprint density at radius 3 is 2.92 bits per heavy atom. The molecule has 1 aromatic rings. The average Bonchev–Trinajstić information content (AvgIpc) is 3.41. The van der Waals surface area contributed by atoms with Gasteiger partial charge in [0.1, 0.15) is 5.75 Å². The van der Waals surface area contributed by atoms with E-state index >= 15 is 0 Å². The molecule has 6 nitrogen and oxygen atoms in total. The van der Waals surface area contributed by atoms with Crippen molar-refractivity contribution < 1.29 is 14.3 Å². The number of nitrogens with one attached hydrogen (secondary N) is 2. The molecule has 6 heteroatoms. The Bertz CT molecular complexity index is 601. The lowest BCUT2D eigenvalue weighted by Crippen LogP contribution is -2.56. The standard InChI is InChI=1S/C18H25N3O3/c1-24-16-5-3-2-4-14(16)12-21-9-8-19-18(23)15(21)10-17(22)20-11-13-6-7-13/h2-5,13,15H,6-12H2,1H3,(H,19,23)(H,20,22)/t15-/m0/s1. The molecule has 1 aromatic carbocycles. The molecule has 0 unspecified atom stereocenters. The van der Waals surface area contributed by atoms with Crippen molar-refractivity contribution in [1.82, 2.24) is 15.5 Å². The van der Waals surface area contributed by atoms with Gasteiger partial charge in [0.05, 0.1) is 19.6 Å². The van der Waals surface area contributed by atoms with Crippen molar-refractivity contribution in [3.63, 3.8) is 0 Å². The first-order valence-corrected chi connectivity index (χ1v) is 8.57. The van der Waals surface area contributed by atoms with Gasteiger partial charge in [-0.3, -0.25) is 14.5 Å². The van der Waals surface area contributed by atoms with Gasteiger partial charge >= 0.3 is 0 Å². The topological polar surface area (TPSA) is 70.7 Å². The fraction of sp³-hybridized carbons (Fsp3) is 0.556. The lowest BCUT2D eigenvalue weighted by atomic mass is 10.1. The second kappa shape index (κ2) is 7.66. The number of carbonyl (C=O) groups excluding carboxylic acids is 2. The van der Waals surface area contributed by atoms with Crippen LogP contribution >= 0.6 is 0 Å². The Kier molecular flexibility index (Phi) is 5.35. The molecule has 1 atom stereocenters. The lowest BCUT2D eigenvalue weighted by Gasteiger charge is -2.35. The Morgan fingerprint density at radius 2 is 2.17 bits per heavy atom. The minimum Gasteiger partial charge on any atom is -0.496 e. The Hall–Kier alpha value is -2.08. The zero-order valence-electron chi connectivity index (χ0n) is 14.1. The average molecular weight is 331 g/mol. The maximum atomic E-state index is 12.3. The molecular formula is C18H25N3O3. The molecule has 0 spiro atoms. The van der Waals surface area contributed by atoms with Crippen molar-refractivity contribution in [3.05, 3.63) is 29.8 Å². The molecular weight excluding hydrogens is 306 g/mol. The molecule has 0 aromatic heterocycles. The molecule has 0 radical (unpaired) electrons. The van der Waals surface area contributed by atoms with Crippen molar-refractivity contribution in [2.24, 2.45) is 5.92 Å². The van der Waals surface area contributed by atoms with Crippen LogP contribution in [0.3, 0.4) is 0 Å². The van der Waals surface area contributed by atoms with Crippen LogP contribution < -0.4 is 15.4 Å². The number of hydrogen-bond acceptors (Lipinski definition) is 4. The molecule has 1 saturated carbocycles. The van der Waals surface area contributed by atoms with Gasteiger partial charge in [0.2, 0.25) is 11.8 Å². The largest absolute Gasteiger partial charge is 0.496 e. The Morgan fingerprint density at radius 1 is 1.38 bits per heavy atom. The van der Waals surface area contributed by atoms with E-state index in [1.807, 2.05) is 24.3 Å². The molecule has 1 aliphatic heterocycles. The lowest BCUT2D eigenvalue weighted by molar-refractivity contribution is -0.134. The first kappa shape index (κ1) is 16.8. The summed E-state index contributed by atoms with van der Waals surface area (Å²) in [6, 6.07) is 7.36. The third-order valence-electron chi connectivity index (χ3n) is 4.67. The molecule has 3 rings (SSSR count). The van der Waals surface area contributed by atoms with Crippen molar-refractivity contribution >= 4 is 11.8 Å². The molecule has 24 heavy (non-hydrogen) atoms. The van der Waals surface area contributed by atoms with Crippen LogP contribution in [0.4, 0.5) is 0 Å². The third-order valence-corrected chi connectivity index (χ3v) is 4.67. The van der Waals surface area contributed by atoms with Gasteiger partial charge in [0, 0.05) is 31.7 Å². The van der Waals surface area contributed by atoms with Crippen molar-refractivity contribution in [2.75, 3.05) is 26.7 Å². The van der Waals surface area contributed by atoms with Crippen LogP contribution in [0.5, 0.6) is 5.75 Å². The van der Waals surface area contributed by atoms with Crippen LogP contribution in [0.15, 0.2) is 24.3 Å². The molecule has 0 bridgehead atoms. The smallest absolute Gasteiger partial charge is 0.237 e. The quantitative estimate of drug-likeness (QED) is 0.779. The number of methoxy groups -OCH3 is 1. The summed E-state index contributed by atoms with van der Waals surface area (Å²) in [5, 5.41) is 5.82. The summed E-state index contributed by atoms with van der Waals surface area (Å²) in [7, 11) is 1.64. The monoisotopic (exact) mass is 331 g/mol. The van der Waals surface area contributed by atoms with Gasteiger partial charge in [0.25, 0.3) is 0 Å². The number of ether oxygens (including phenoxy) is 1. The zero-order valence-corrected chi connectivity index (χ0v) is 14.1. The number of rotatable bonds is 7. The number of piperazine rings is 1. The minimum atomic E-state index is -0.428. The molecule has 2 N–H and O–H groups in total. The van der Waals surface area contributed by atoms with Gasteiger partial charge in [-0.05, 0) is 24.8 Å². The summed E-state index contributed by atoms with van der Waals surface area (Å²) in [4.78, 5) is 26.5. The second-order valence-electron chi connectivity index (χ2n) is 6.54. The van der Waals surface area contributed by atoms with E-state index in [-0.39, 0.29) is 18.2 Å². The third kappa shape index (κ3) is 4.26. The van der Waals surface area contributed by atoms with E-state index in [0.29, 0.717) is 19.0 Å². The molecule has 1 saturated heterocycles. The second-order valence-corrected chi connectivity index (χ2v) is 6.54. The van der Waals surface area contributed by atoms with Crippen LogP contribution in [0.1, 0.15) is 24.8 Å². The highest BCUT2D eigenvalue weighted by Gasteiger charge is 2.32. The van der Waals surface area contributed by atoms with Crippen molar-refractivity contribution in [3.8, 4) is 5.75 Å². The van der Waals surface area contributed by atoms with E-state index in [9.17, 15) is 9.59 Å². The van der Waals surface area contributed by atoms with E-state index in [4.69, 9.17) is 4.74 Å². The van der Waals surface area contributed by atoms with Gasteiger partial charge in [-0.1, -0.05) is 18.2 Å². The summed E-state index contributed by atoms with van der Waals surface area (Å²) in [6.45, 7) is 2.66. The normalized spacial score (nSPS) is 21.2. The van der Waals surface area contributed by atoms with Crippen molar-refractivity contribution in [1.29, 1.82) is 0 Å². The Balaban J connectivity index is 1.64. The number of amides is 2. The number of nitrogens with zero attached hydrogens (tertiary/aromatic N) is 1. The van der Waals surface area contributed by atoms with E-state index in [2.05, 4.69) is 15.5 Å². The summed E-state index contributed by atoms with van der Waals surface area (Å²) >= 11 is 0. The number of para-hydroxylation sites is 1. The van der Waals surface area contributed by atoms with E-state index < -0.39 is 6.04 Å². The highest BCUT2D eigenvalue weighted by atomic mass is 16.5. The van der Waals surface area contributed by atoms with E-state index in [1.165, 1.54) is 12.8 Å². The summed E-state index contributed by atoms with van der Waals surface area (Å²) < 4.78 is 5.40. The molecule has 2 fully saturated rings. The van der Waals surface area contributed by atoms with Gasteiger partial charge in [-0.25, -0.2) is 0 Å². The Labute approximate surface area is 142 Å². The molecule has 1 heterocycles. The summed E-state index contributed by atoms with van der Waals surface area (Å²) in [5.41, 5.74) is 1.03. The maximum absolute atomic E-state index is 12.3. The van der Waals surface area contributed by atoms with Gasteiger partial charge in [-0.2, -0.15) is 0 Å². The highest BCUT2D eigenvalue weighted by molar-refractivity contribution is 5.88. The SMILES string of the molecule is COc1ccccc1CN1CCNC(=O)[C@@H]1CC(=O)NCC1CC1. The molecule has 1 aliphatic carbocycles. The zero-order chi connectivity index (χ0) is 16.9. The van der Waals surface area contributed by atoms with Crippen LogP contribution in [0, 0.1) is 5.92 Å². The van der Waals surface area contributed by atoms with Crippen LogP contribution in [-0.2, 0) is 16.1 Å². The summed E-state index contributed by atoms with van der Waals surface area (Å²) in [5.74, 6) is 1.32. The number of hydrogen-bond donors (Lipinski definition) is 2. The summed E-state index contributed by atoms with van der Waals surface area (Å²) in [6.07, 6.45) is 2.60. The first-order chi connectivity index (χ1) is 11.7. The van der Waals surface area contributed by atoms with Gasteiger partial charge in [-0.15, -0.1) is 0 Å². The number of carbonyl (C=O) groups is 2. The van der Waals surface area contributed by atoms with Gasteiger partial charge < -0.3 is 15.4 Å². The first-order valence-electron chi connectivity index (χ1n) is 8.57. The molecule has 2 aliphatic rings. The maximum Gasteiger partial charge on any atom is 0.237 e. The molecule has 130 valence electrons. The fourth-order valence-electron chi connectivity index (χ4n) is 3.05.